The smallest absolute Gasteiger partial charge is 0.125 e. The zero-order valence-corrected chi connectivity index (χ0v) is 22.0. The van der Waals surface area contributed by atoms with E-state index in [9.17, 15) is 0 Å². The van der Waals surface area contributed by atoms with Gasteiger partial charge in [0.1, 0.15) is 12.2 Å². The van der Waals surface area contributed by atoms with Crippen molar-refractivity contribution in [3.8, 4) is 0 Å². The van der Waals surface area contributed by atoms with Crippen molar-refractivity contribution in [1.82, 2.24) is 35.1 Å². The standard InChI is InChI=1S/C10H16N2.C9H13N3.C8H11N3/c1-4-11-7-10-8-12(3)6-5-9(10)2;1-7-10-5-8-3-4-12(2)6-9(8)11-7;1-6-7-2-3-9-4-8(7)11-5-10-6/h4,7H,1,5-6,8H2,2-3H3;5H,3-4,6H2,1-2H3;5,9H,2-4H2,1H3. The summed E-state index contributed by atoms with van der Waals surface area (Å²) >= 11 is 0. The van der Waals surface area contributed by atoms with Gasteiger partial charge < -0.3 is 15.1 Å². The number of aliphatic imine (C=N–C) groups is 1. The van der Waals surface area contributed by atoms with E-state index >= 15 is 0 Å². The maximum atomic E-state index is 4.41. The van der Waals surface area contributed by atoms with Crippen molar-refractivity contribution in [2.75, 3.05) is 40.3 Å². The van der Waals surface area contributed by atoms with E-state index in [0.717, 1.165) is 70.0 Å². The molecule has 0 bridgehead atoms. The molecule has 0 amide bonds. The summed E-state index contributed by atoms with van der Waals surface area (Å²) in [6, 6.07) is 0. The summed E-state index contributed by atoms with van der Waals surface area (Å²) in [5.74, 6) is 0.879. The second-order valence-electron chi connectivity index (χ2n) is 9.44. The first kappa shape index (κ1) is 26.8. The van der Waals surface area contributed by atoms with Crippen LogP contribution in [0.25, 0.3) is 0 Å². The zero-order valence-electron chi connectivity index (χ0n) is 22.0. The molecule has 3 aliphatic rings. The number of aryl methyl sites for hydroxylation is 2. The summed E-state index contributed by atoms with van der Waals surface area (Å²) in [6.45, 7) is 16.0. The molecule has 0 aromatic carbocycles. The lowest BCUT2D eigenvalue weighted by molar-refractivity contribution is 0.306. The van der Waals surface area contributed by atoms with Crippen molar-refractivity contribution in [2.45, 2.75) is 53.1 Å². The minimum atomic E-state index is 0.879. The Balaban J connectivity index is 0.000000147. The third kappa shape index (κ3) is 8.13. The summed E-state index contributed by atoms with van der Waals surface area (Å²) in [5, 5.41) is 3.28. The van der Waals surface area contributed by atoms with E-state index in [-0.39, 0.29) is 0 Å². The highest BCUT2D eigenvalue weighted by Crippen LogP contribution is 2.15. The fourth-order valence-corrected chi connectivity index (χ4v) is 4.30. The molecule has 2 aromatic heterocycles. The lowest BCUT2D eigenvalue weighted by atomic mass is 10.0. The molecule has 0 saturated heterocycles. The highest BCUT2D eigenvalue weighted by molar-refractivity contribution is 5.80. The SMILES string of the molecule is C=CN=CC1=C(C)CCN(C)C1.Cc1ncc2c(n1)CN(C)CC2.Cc1ncnc2c1CCNC2. The first-order valence-electron chi connectivity index (χ1n) is 12.4. The van der Waals surface area contributed by atoms with Gasteiger partial charge in [-0.05, 0) is 77.4 Å². The molecule has 5 rings (SSSR count). The molecule has 3 aliphatic heterocycles. The molecule has 0 fully saturated rings. The molecule has 0 unspecified atom stereocenters. The van der Waals surface area contributed by atoms with Gasteiger partial charge in [0.15, 0.2) is 0 Å². The van der Waals surface area contributed by atoms with E-state index < -0.39 is 0 Å². The van der Waals surface area contributed by atoms with Gasteiger partial charge in [-0.3, -0.25) is 4.99 Å². The molecule has 8 nitrogen and oxygen atoms in total. The van der Waals surface area contributed by atoms with Gasteiger partial charge in [0.25, 0.3) is 0 Å². The number of nitrogens with one attached hydrogen (secondary N) is 1. The molecule has 35 heavy (non-hydrogen) atoms. The molecule has 0 saturated carbocycles. The molecule has 188 valence electrons. The molecule has 1 N–H and O–H groups in total. The molecule has 0 atom stereocenters. The molecule has 5 heterocycles. The van der Waals surface area contributed by atoms with Crippen LogP contribution in [0.3, 0.4) is 0 Å². The average molecular weight is 477 g/mol. The zero-order chi connectivity index (χ0) is 25.2. The topological polar surface area (TPSA) is 82.4 Å². The Labute approximate surface area is 210 Å². The van der Waals surface area contributed by atoms with Gasteiger partial charge in [-0.2, -0.15) is 0 Å². The predicted octanol–water partition coefficient (Wildman–Crippen LogP) is 3.06. The number of hydrogen-bond donors (Lipinski definition) is 1. The van der Waals surface area contributed by atoms with E-state index in [4.69, 9.17) is 0 Å². The van der Waals surface area contributed by atoms with Gasteiger partial charge in [0, 0.05) is 57.0 Å². The Hall–Kier alpha value is -2.81. The fourth-order valence-electron chi connectivity index (χ4n) is 4.30. The highest BCUT2D eigenvalue weighted by atomic mass is 15.1. The van der Waals surface area contributed by atoms with Crippen molar-refractivity contribution in [2.24, 2.45) is 4.99 Å². The average Bonchev–Trinajstić information content (AvgIpc) is 2.85. The highest BCUT2D eigenvalue weighted by Gasteiger charge is 2.14. The van der Waals surface area contributed by atoms with Crippen LogP contribution >= 0.6 is 0 Å². The monoisotopic (exact) mass is 476 g/mol. The number of likely N-dealkylation sites (N-methyl/N-ethyl adjacent to an activating group) is 2. The van der Waals surface area contributed by atoms with Gasteiger partial charge in [0.05, 0.1) is 11.4 Å². The van der Waals surface area contributed by atoms with Crippen LogP contribution in [0.15, 0.2) is 41.4 Å². The van der Waals surface area contributed by atoms with Crippen LogP contribution in [0, 0.1) is 13.8 Å². The van der Waals surface area contributed by atoms with Crippen LogP contribution < -0.4 is 5.32 Å². The number of hydrogen-bond acceptors (Lipinski definition) is 8. The van der Waals surface area contributed by atoms with E-state index in [1.807, 2.05) is 26.3 Å². The quantitative estimate of drug-likeness (QED) is 0.667. The lowest BCUT2D eigenvalue weighted by Gasteiger charge is -2.24. The van der Waals surface area contributed by atoms with E-state index in [2.05, 4.69) is 67.6 Å². The first-order valence-corrected chi connectivity index (χ1v) is 12.4. The van der Waals surface area contributed by atoms with Gasteiger partial charge in [0.2, 0.25) is 0 Å². The van der Waals surface area contributed by atoms with Crippen molar-refractivity contribution in [3.63, 3.8) is 0 Å². The lowest BCUT2D eigenvalue weighted by Crippen LogP contribution is -2.27. The maximum absolute atomic E-state index is 4.41. The normalized spacial score (nSPS) is 18.1. The summed E-state index contributed by atoms with van der Waals surface area (Å²) in [6.07, 6.45) is 10.4. The molecular weight excluding hydrogens is 436 g/mol. The third-order valence-electron chi connectivity index (χ3n) is 6.54. The van der Waals surface area contributed by atoms with E-state index in [1.165, 1.54) is 33.7 Å². The molecular formula is C27H40N8. The van der Waals surface area contributed by atoms with Gasteiger partial charge in [-0.25, -0.2) is 19.9 Å². The van der Waals surface area contributed by atoms with E-state index in [0.29, 0.717) is 0 Å². The Bertz CT molecular complexity index is 1060. The van der Waals surface area contributed by atoms with Crippen LogP contribution in [-0.2, 0) is 25.9 Å². The molecule has 2 aromatic rings. The second kappa shape index (κ2) is 13.3. The maximum Gasteiger partial charge on any atom is 0.125 e. The molecule has 0 spiro atoms. The largest absolute Gasteiger partial charge is 0.311 e. The van der Waals surface area contributed by atoms with Crippen molar-refractivity contribution >= 4 is 6.21 Å². The van der Waals surface area contributed by atoms with Crippen LogP contribution in [-0.4, -0.2) is 76.2 Å². The van der Waals surface area contributed by atoms with Gasteiger partial charge >= 0.3 is 0 Å². The van der Waals surface area contributed by atoms with Crippen molar-refractivity contribution < 1.29 is 0 Å². The Morgan fingerprint density at radius 3 is 2.51 bits per heavy atom. The second-order valence-corrected chi connectivity index (χ2v) is 9.44. The molecule has 0 aliphatic carbocycles. The summed E-state index contributed by atoms with van der Waals surface area (Å²) < 4.78 is 0. The summed E-state index contributed by atoms with van der Waals surface area (Å²) in [4.78, 5) is 25.6. The Kier molecular flexibility index (Phi) is 10.2. The Morgan fingerprint density at radius 2 is 1.74 bits per heavy atom. The van der Waals surface area contributed by atoms with Crippen LogP contribution in [0.4, 0.5) is 0 Å². The first-order chi connectivity index (χ1) is 16.9. The molecule has 0 radical (unpaired) electrons. The number of nitrogens with zero attached hydrogens (tertiary/aromatic N) is 7. The summed E-state index contributed by atoms with van der Waals surface area (Å²) in [7, 11) is 4.26. The fraction of sp³-hybridized carbons (Fsp3) is 0.519. The van der Waals surface area contributed by atoms with Crippen LogP contribution in [0.1, 0.15) is 47.4 Å². The number of fused-ring (bicyclic) bond motifs is 2. The molecule has 8 heteroatoms. The minimum absolute atomic E-state index is 0.879. The summed E-state index contributed by atoms with van der Waals surface area (Å²) in [5.41, 5.74) is 8.96. The third-order valence-corrected chi connectivity index (χ3v) is 6.54. The van der Waals surface area contributed by atoms with Crippen molar-refractivity contribution in [1.29, 1.82) is 0 Å². The Morgan fingerprint density at radius 1 is 0.971 bits per heavy atom. The van der Waals surface area contributed by atoms with E-state index in [1.54, 1.807) is 12.5 Å². The number of rotatable bonds is 2. The van der Waals surface area contributed by atoms with Crippen molar-refractivity contribution in [3.05, 3.63) is 70.5 Å². The van der Waals surface area contributed by atoms with Crippen LogP contribution in [0.2, 0.25) is 0 Å². The van der Waals surface area contributed by atoms with Gasteiger partial charge in [-0.1, -0.05) is 12.2 Å². The minimum Gasteiger partial charge on any atom is -0.311 e. The van der Waals surface area contributed by atoms with Gasteiger partial charge in [-0.15, -0.1) is 0 Å². The van der Waals surface area contributed by atoms with Crippen LogP contribution in [0.5, 0.6) is 0 Å². The number of aromatic nitrogens is 4. The predicted molar refractivity (Wildman–Crippen MR) is 142 cm³/mol.